The maximum Gasteiger partial charge on any atom is 0.274 e. The van der Waals surface area contributed by atoms with Gasteiger partial charge in [0, 0.05) is 31.4 Å². The van der Waals surface area contributed by atoms with Crippen LogP contribution in [0.15, 0.2) is 12.4 Å². The molecule has 0 aromatic carbocycles. The zero-order valence-electron chi connectivity index (χ0n) is 11.5. The molecule has 2 saturated heterocycles. The van der Waals surface area contributed by atoms with Crippen molar-refractivity contribution >= 4 is 5.91 Å². The Morgan fingerprint density at radius 2 is 1.95 bits per heavy atom. The van der Waals surface area contributed by atoms with Gasteiger partial charge in [-0.05, 0) is 32.6 Å². The number of nitrogens with zero attached hydrogens (tertiary/aromatic N) is 3. The van der Waals surface area contributed by atoms with Crippen molar-refractivity contribution in [2.45, 2.75) is 50.7 Å². The monoisotopic (exact) mass is 260 g/mol. The minimum atomic E-state index is -0.0150. The number of rotatable bonds is 2. The number of aryl methyl sites for hydroxylation is 1. The number of aromatic nitrogens is 2. The van der Waals surface area contributed by atoms with Crippen molar-refractivity contribution in [2.24, 2.45) is 0 Å². The van der Waals surface area contributed by atoms with E-state index in [9.17, 15) is 4.79 Å². The molecular formula is C14H20N4O. The van der Waals surface area contributed by atoms with Gasteiger partial charge in [-0.3, -0.25) is 9.78 Å². The maximum atomic E-state index is 12.4. The van der Waals surface area contributed by atoms with E-state index in [1.165, 1.54) is 12.8 Å². The quantitative estimate of drug-likeness (QED) is 0.866. The Morgan fingerprint density at radius 3 is 2.53 bits per heavy atom. The number of nitrogens with one attached hydrogen (secondary N) is 1. The molecule has 2 atom stereocenters. The summed E-state index contributed by atoms with van der Waals surface area (Å²) in [5, 5.41) is 3.60. The molecule has 5 nitrogen and oxygen atoms in total. The molecule has 3 rings (SSSR count). The van der Waals surface area contributed by atoms with E-state index in [0.717, 1.165) is 18.5 Å². The van der Waals surface area contributed by atoms with E-state index in [0.29, 0.717) is 23.8 Å². The summed E-state index contributed by atoms with van der Waals surface area (Å²) in [6.07, 6.45) is 7.81. The Bertz CT molecular complexity index is 461. The van der Waals surface area contributed by atoms with Crippen LogP contribution in [0.1, 0.15) is 41.9 Å². The normalized spacial score (nSPS) is 29.3. The van der Waals surface area contributed by atoms with Gasteiger partial charge in [-0.1, -0.05) is 0 Å². The lowest BCUT2D eigenvalue weighted by molar-refractivity contribution is 0.0675. The van der Waals surface area contributed by atoms with Crippen LogP contribution in [-0.4, -0.2) is 45.9 Å². The average Bonchev–Trinajstić information content (AvgIpc) is 2.76. The van der Waals surface area contributed by atoms with Gasteiger partial charge in [0.2, 0.25) is 0 Å². The van der Waals surface area contributed by atoms with Crippen molar-refractivity contribution in [3.8, 4) is 0 Å². The van der Waals surface area contributed by atoms with Crippen LogP contribution in [0, 0.1) is 6.92 Å². The summed E-state index contributed by atoms with van der Waals surface area (Å²) < 4.78 is 0. The van der Waals surface area contributed by atoms with Crippen LogP contribution in [-0.2, 0) is 0 Å². The highest BCUT2D eigenvalue weighted by molar-refractivity contribution is 5.92. The second kappa shape index (κ2) is 4.89. The van der Waals surface area contributed by atoms with Gasteiger partial charge in [0.15, 0.2) is 0 Å². The lowest BCUT2D eigenvalue weighted by Gasteiger charge is -2.35. The number of carbonyl (C=O) groups is 1. The van der Waals surface area contributed by atoms with E-state index in [1.807, 2.05) is 18.9 Å². The van der Waals surface area contributed by atoms with Crippen molar-refractivity contribution < 1.29 is 4.79 Å². The molecule has 2 bridgehead atoms. The van der Waals surface area contributed by atoms with Crippen molar-refractivity contribution in [2.75, 3.05) is 7.05 Å². The Kier molecular flexibility index (Phi) is 3.22. The maximum absolute atomic E-state index is 12.4. The highest BCUT2D eigenvalue weighted by Gasteiger charge is 2.36. The van der Waals surface area contributed by atoms with Gasteiger partial charge in [-0.15, -0.1) is 0 Å². The first-order chi connectivity index (χ1) is 9.13. The average molecular weight is 260 g/mol. The number of hydrogen-bond acceptors (Lipinski definition) is 4. The molecule has 19 heavy (non-hydrogen) atoms. The summed E-state index contributed by atoms with van der Waals surface area (Å²) in [5.41, 5.74) is 1.28. The topological polar surface area (TPSA) is 58.1 Å². The number of carbonyl (C=O) groups excluding carboxylic acids is 1. The molecule has 1 aromatic heterocycles. The van der Waals surface area contributed by atoms with E-state index < -0.39 is 0 Å². The summed E-state index contributed by atoms with van der Waals surface area (Å²) in [7, 11) is 1.89. The van der Waals surface area contributed by atoms with E-state index in [1.54, 1.807) is 12.4 Å². The van der Waals surface area contributed by atoms with Gasteiger partial charge in [-0.2, -0.15) is 0 Å². The first-order valence-corrected chi connectivity index (χ1v) is 6.95. The van der Waals surface area contributed by atoms with Crippen molar-refractivity contribution in [3.05, 3.63) is 23.8 Å². The molecule has 102 valence electrons. The first kappa shape index (κ1) is 12.5. The van der Waals surface area contributed by atoms with Gasteiger partial charge >= 0.3 is 0 Å². The van der Waals surface area contributed by atoms with Gasteiger partial charge in [-0.25, -0.2) is 4.98 Å². The van der Waals surface area contributed by atoms with Crippen molar-refractivity contribution in [1.82, 2.24) is 20.2 Å². The summed E-state index contributed by atoms with van der Waals surface area (Å²) in [6.45, 7) is 1.87. The van der Waals surface area contributed by atoms with Crippen LogP contribution in [0.3, 0.4) is 0 Å². The zero-order valence-corrected chi connectivity index (χ0v) is 11.5. The summed E-state index contributed by atoms with van der Waals surface area (Å²) >= 11 is 0. The van der Waals surface area contributed by atoms with Crippen molar-refractivity contribution in [3.63, 3.8) is 0 Å². The lowest BCUT2D eigenvalue weighted by atomic mass is 9.98. The predicted octanol–water partition coefficient (Wildman–Crippen LogP) is 1.14. The van der Waals surface area contributed by atoms with Gasteiger partial charge in [0.1, 0.15) is 5.69 Å². The molecular weight excluding hydrogens is 240 g/mol. The Labute approximate surface area is 113 Å². The molecule has 0 radical (unpaired) electrons. The largest absolute Gasteiger partial charge is 0.337 e. The highest BCUT2D eigenvalue weighted by Crippen LogP contribution is 2.29. The van der Waals surface area contributed by atoms with E-state index >= 15 is 0 Å². The molecule has 0 saturated carbocycles. The standard InChI is InChI=1S/C14H20N4O/c1-9-7-16-13(8-15-9)14(19)18(2)12-5-10-3-4-11(6-12)17-10/h7-8,10-12,17H,3-6H2,1-2H3. The van der Waals surface area contributed by atoms with Crippen LogP contribution in [0.5, 0.6) is 0 Å². The van der Waals surface area contributed by atoms with Crippen LogP contribution in [0.2, 0.25) is 0 Å². The smallest absolute Gasteiger partial charge is 0.274 e. The first-order valence-electron chi connectivity index (χ1n) is 6.95. The molecule has 0 spiro atoms. The Balaban J connectivity index is 1.71. The molecule has 1 N–H and O–H groups in total. The third-order valence-corrected chi connectivity index (χ3v) is 4.32. The number of amides is 1. The van der Waals surface area contributed by atoms with Crippen molar-refractivity contribution in [1.29, 1.82) is 0 Å². The molecule has 2 unspecified atom stereocenters. The molecule has 2 aliphatic heterocycles. The van der Waals surface area contributed by atoms with E-state index in [2.05, 4.69) is 15.3 Å². The number of hydrogen-bond donors (Lipinski definition) is 1. The summed E-state index contributed by atoms with van der Waals surface area (Å²) in [5.74, 6) is -0.0150. The van der Waals surface area contributed by atoms with Crippen LogP contribution in [0.4, 0.5) is 0 Å². The summed E-state index contributed by atoms with van der Waals surface area (Å²) in [6, 6.07) is 1.50. The van der Waals surface area contributed by atoms with Gasteiger partial charge < -0.3 is 10.2 Å². The van der Waals surface area contributed by atoms with Gasteiger partial charge in [0.05, 0.1) is 11.9 Å². The Morgan fingerprint density at radius 1 is 1.26 bits per heavy atom. The minimum Gasteiger partial charge on any atom is -0.337 e. The number of fused-ring (bicyclic) bond motifs is 2. The third-order valence-electron chi connectivity index (χ3n) is 4.32. The molecule has 1 aromatic rings. The molecule has 1 amide bonds. The minimum absolute atomic E-state index is 0.0150. The second-order valence-electron chi connectivity index (χ2n) is 5.72. The SMILES string of the molecule is Cc1cnc(C(=O)N(C)C2CC3CCC(C2)N3)cn1. The second-order valence-corrected chi connectivity index (χ2v) is 5.72. The van der Waals surface area contributed by atoms with Gasteiger partial charge in [0.25, 0.3) is 5.91 Å². The molecule has 5 heteroatoms. The fourth-order valence-electron chi connectivity index (χ4n) is 3.19. The van der Waals surface area contributed by atoms with Crippen LogP contribution < -0.4 is 5.32 Å². The zero-order chi connectivity index (χ0) is 13.4. The predicted molar refractivity (Wildman–Crippen MR) is 71.8 cm³/mol. The Hall–Kier alpha value is -1.49. The van der Waals surface area contributed by atoms with Crippen LogP contribution >= 0.6 is 0 Å². The molecule has 3 heterocycles. The highest BCUT2D eigenvalue weighted by atomic mass is 16.2. The third kappa shape index (κ3) is 2.47. The molecule has 2 aliphatic rings. The molecule has 0 aliphatic carbocycles. The van der Waals surface area contributed by atoms with E-state index in [4.69, 9.17) is 0 Å². The fraction of sp³-hybridized carbons (Fsp3) is 0.643. The fourth-order valence-corrected chi connectivity index (χ4v) is 3.19. The van der Waals surface area contributed by atoms with E-state index in [-0.39, 0.29) is 5.91 Å². The number of piperidine rings is 1. The lowest BCUT2D eigenvalue weighted by Crippen LogP contribution is -2.48. The van der Waals surface area contributed by atoms with Crippen LogP contribution in [0.25, 0.3) is 0 Å². The molecule has 2 fully saturated rings. The summed E-state index contributed by atoms with van der Waals surface area (Å²) in [4.78, 5) is 22.6.